The van der Waals surface area contributed by atoms with Crippen molar-refractivity contribution >= 4 is 23.3 Å². The SMILES string of the molecule is O=C(Cc1ccc(Cl)cc1)N1CCN(c2ccc(-c3ccccn3)nn2)CC1. The average Bonchev–Trinajstić information content (AvgIpc) is 2.76. The van der Waals surface area contributed by atoms with E-state index in [0.29, 0.717) is 24.5 Å². The molecule has 1 aromatic carbocycles. The molecule has 4 rings (SSSR count). The van der Waals surface area contributed by atoms with Gasteiger partial charge in [-0.3, -0.25) is 9.78 Å². The number of nitrogens with zero attached hydrogens (tertiary/aromatic N) is 5. The molecular weight excluding hydrogens is 374 g/mol. The zero-order chi connectivity index (χ0) is 19.3. The van der Waals surface area contributed by atoms with Crippen molar-refractivity contribution in [2.24, 2.45) is 0 Å². The molecule has 3 aromatic rings. The summed E-state index contributed by atoms with van der Waals surface area (Å²) in [6, 6.07) is 17.0. The summed E-state index contributed by atoms with van der Waals surface area (Å²) in [5.41, 5.74) is 2.54. The second kappa shape index (κ2) is 8.35. The first kappa shape index (κ1) is 18.4. The number of rotatable bonds is 4. The predicted molar refractivity (Wildman–Crippen MR) is 109 cm³/mol. The fourth-order valence-corrected chi connectivity index (χ4v) is 3.34. The maximum atomic E-state index is 12.5. The quantitative estimate of drug-likeness (QED) is 0.681. The number of anilines is 1. The first-order valence-electron chi connectivity index (χ1n) is 9.21. The highest BCUT2D eigenvalue weighted by Crippen LogP contribution is 2.18. The molecule has 1 saturated heterocycles. The number of carbonyl (C=O) groups is 1. The molecule has 7 heteroatoms. The van der Waals surface area contributed by atoms with Crippen LogP contribution in [0.15, 0.2) is 60.8 Å². The first-order chi connectivity index (χ1) is 13.7. The molecule has 1 amide bonds. The zero-order valence-corrected chi connectivity index (χ0v) is 16.1. The molecule has 3 heterocycles. The lowest BCUT2D eigenvalue weighted by atomic mass is 10.1. The third kappa shape index (κ3) is 4.28. The van der Waals surface area contributed by atoms with Gasteiger partial charge in [0.15, 0.2) is 5.82 Å². The van der Waals surface area contributed by atoms with Crippen molar-refractivity contribution in [2.75, 3.05) is 31.1 Å². The minimum atomic E-state index is 0.138. The number of carbonyl (C=O) groups excluding carboxylic acids is 1. The molecule has 0 atom stereocenters. The minimum Gasteiger partial charge on any atom is -0.352 e. The van der Waals surface area contributed by atoms with Crippen LogP contribution >= 0.6 is 11.6 Å². The van der Waals surface area contributed by atoms with Gasteiger partial charge < -0.3 is 9.80 Å². The Morgan fingerprint density at radius 1 is 0.893 bits per heavy atom. The Morgan fingerprint density at radius 3 is 2.32 bits per heavy atom. The predicted octanol–water partition coefficient (Wildman–Crippen LogP) is 3.08. The second-order valence-electron chi connectivity index (χ2n) is 6.66. The molecule has 1 aliphatic rings. The summed E-state index contributed by atoms with van der Waals surface area (Å²) in [7, 11) is 0. The summed E-state index contributed by atoms with van der Waals surface area (Å²) in [5.74, 6) is 0.961. The molecule has 0 saturated carbocycles. The van der Waals surface area contributed by atoms with Gasteiger partial charge in [-0.2, -0.15) is 0 Å². The Morgan fingerprint density at radius 2 is 1.68 bits per heavy atom. The van der Waals surface area contributed by atoms with E-state index in [1.807, 2.05) is 59.5 Å². The molecule has 28 heavy (non-hydrogen) atoms. The summed E-state index contributed by atoms with van der Waals surface area (Å²) in [6.45, 7) is 2.83. The molecule has 6 nitrogen and oxygen atoms in total. The number of pyridine rings is 1. The van der Waals surface area contributed by atoms with E-state index < -0.39 is 0 Å². The lowest BCUT2D eigenvalue weighted by Crippen LogP contribution is -2.49. The van der Waals surface area contributed by atoms with E-state index in [0.717, 1.165) is 35.9 Å². The van der Waals surface area contributed by atoms with Crippen molar-refractivity contribution in [2.45, 2.75) is 6.42 Å². The van der Waals surface area contributed by atoms with Crippen LogP contribution in [-0.4, -0.2) is 52.2 Å². The molecule has 142 valence electrons. The number of hydrogen-bond donors (Lipinski definition) is 0. The number of piperazine rings is 1. The summed E-state index contributed by atoms with van der Waals surface area (Å²) >= 11 is 5.90. The molecule has 1 aliphatic heterocycles. The molecule has 1 fully saturated rings. The van der Waals surface area contributed by atoms with Crippen molar-refractivity contribution in [1.82, 2.24) is 20.1 Å². The van der Waals surface area contributed by atoms with Crippen LogP contribution in [0.3, 0.4) is 0 Å². The highest BCUT2D eigenvalue weighted by Gasteiger charge is 2.22. The van der Waals surface area contributed by atoms with Crippen molar-refractivity contribution < 1.29 is 4.79 Å². The van der Waals surface area contributed by atoms with Gasteiger partial charge in [-0.15, -0.1) is 10.2 Å². The molecule has 0 aliphatic carbocycles. The lowest BCUT2D eigenvalue weighted by Gasteiger charge is -2.35. The van der Waals surface area contributed by atoms with Crippen LogP contribution in [0.4, 0.5) is 5.82 Å². The van der Waals surface area contributed by atoms with Crippen molar-refractivity contribution in [3.8, 4) is 11.4 Å². The first-order valence-corrected chi connectivity index (χ1v) is 9.59. The van der Waals surface area contributed by atoms with Gasteiger partial charge in [0.25, 0.3) is 0 Å². The number of hydrogen-bond acceptors (Lipinski definition) is 5. The molecule has 0 unspecified atom stereocenters. The van der Waals surface area contributed by atoms with Gasteiger partial charge >= 0.3 is 0 Å². The maximum Gasteiger partial charge on any atom is 0.227 e. The third-order valence-electron chi connectivity index (χ3n) is 4.80. The van der Waals surface area contributed by atoms with Crippen LogP contribution in [-0.2, 0) is 11.2 Å². The van der Waals surface area contributed by atoms with E-state index in [2.05, 4.69) is 20.1 Å². The van der Waals surface area contributed by atoms with Crippen molar-refractivity contribution in [1.29, 1.82) is 0 Å². The summed E-state index contributed by atoms with van der Waals surface area (Å²) in [6.07, 6.45) is 2.14. The highest BCUT2D eigenvalue weighted by molar-refractivity contribution is 6.30. The topological polar surface area (TPSA) is 62.2 Å². The summed E-state index contributed by atoms with van der Waals surface area (Å²) in [5, 5.41) is 9.32. The second-order valence-corrected chi connectivity index (χ2v) is 7.10. The molecule has 0 N–H and O–H groups in total. The van der Waals surface area contributed by atoms with Crippen molar-refractivity contribution in [3.63, 3.8) is 0 Å². The molecule has 2 aromatic heterocycles. The van der Waals surface area contributed by atoms with E-state index in [-0.39, 0.29) is 5.91 Å². The normalized spacial score (nSPS) is 14.2. The van der Waals surface area contributed by atoms with Crippen LogP contribution in [0.2, 0.25) is 5.02 Å². The van der Waals surface area contributed by atoms with E-state index >= 15 is 0 Å². The van der Waals surface area contributed by atoms with E-state index in [9.17, 15) is 4.79 Å². The molecule has 0 spiro atoms. The Balaban J connectivity index is 1.33. The average molecular weight is 394 g/mol. The van der Waals surface area contributed by atoms with Crippen LogP contribution in [0.1, 0.15) is 5.56 Å². The van der Waals surface area contributed by atoms with Gasteiger partial charge in [-0.05, 0) is 42.0 Å². The Hall–Kier alpha value is -2.99. The van der Waals surface area contributed by atoms with Crippen LogP contribution in [0, 0.1) is 0 Å². The van der Waals surface area contributed by atoms with Gasteiger partial charge in [0.05, 0.1) is 12.1 Å². The Labute approximate surface area is 168 Å². The number of aromatic nitrogens is 3. The third-order valence-corrected chi connectivity index (χ3v) is 5.05. The number of benzene rings is 1. The van der Waals surface area contributed by atoms with E-state index in [4.69, 9.17) is 11.6 Å². The smallest absolute Gasteiger partial charge is 0.227 e. The van der Waals surface area contributed by atoms with Crippen LogP contribution in [0.5, 0.6) is 0 Å². The number of amides is 1. The van der Waals surface area contributed by atoms with E-state index in [1.165, 1.54) is 0 Å². The van der Waals surface area contributed by atoms with Crippen molar-refractivity contribution in [3.05, 3.63) is 71.4 Å². The van der Waals surface area contributed by atoms with Gasteiger partial charge in [-0.1, -0.05) is 29.8 Å². The largest absolute Gasteiger partial charge is 0.352 e. The molecule has 0 bridgehead atoms. The Bertz CT molecular complexity index is 923. The van der Waals surface area contributed by atoms with Crippen LogP contribution < -0.4 is 4.90 Å². The lowest BCUT2D eigenvalue weighted by molar-refractivity contribution is -0.130. The molecular formula is C21H20ClN5O. The zero-order valence-electron chi connectivity index (χ0n) is 15.3. The standard InChI is InChI=1S/C21H20ClN5O/c22-17-6-4-16(5-7-17)15-21(28)27-13-11-26(12-14-27)20-9-8-19(24-25-20)18-3-1-2-10-23-18/h1-10H,11-15H2. The van der Waals surface area contributed by atoms with Gasteiger partial charge in [-0.25, -0.2) is 0 Å². The fourth-order valence-electron chi connectivity index (χ4n) is 3.22. The minimum absolute atomic E-state index is 0.138. The van der Waals surface area contributed by atoms with Crippen LogP contribution in [0.25, 0.3) is 11.4 Å². The monoisotopic (exact) mass is 393 g/mol. The Kier molecular flexibility index (Phi) is 5.48. The van der Waals surface area contributed by atoms with E-state index in [1.54, 1.807) is 6.20 Å². The maximum absolute atomic E-state index is 12.5. The highest BCUT2D eigenvalue weighted by atomic mass is 35.5. The van der Waals surface area contributed by atoms with Gasteiger partial charge in [0.2, 0.25) is 5.91 Å². The summed E-state index contributed by atoms with van der Waals surface area (Å²) in [4.78, 5) is 20.9. The number of halogens is 1. The fraction of sp³-hybridized carbons (Fsp3) is 0.238. The van der Waals surface area contributed by atoms with Gasteiger partial charge in [0, 0.05) is 37.4 Å². The van der Waals surface area contributed by atoms with Gasteiger partial charge in [0.1, 0.15) is 5.69 Å². The summed E-state index contributed by atoms with van der Waals surface area (Å²) < 4.78 is 0. The molecule has 0 radical (unpaired) electrons.